The molecule has 1 rings (SSSR count). The number of hydrogen-bond donors (Lipinski definition) is 2. The van der Waals surface area contributed by atoms with E-state index < -0.39 is 6.04 Å². The van der Waals surface area contributed by atoms with Gasteiger partial charge in [0.2, 0.25) is 5.91 Å². The predicted molar refractivity (Wildman–Crippen MR) is 79.8 cm³/mol. The summed E-state index contributed by atoms with van der Waals surface area (Å²) in [4.78, 5) is 12.0. The first-order chi connectivity index (χ1) is 8.83. The van der Waals surface area contributed by atoms with Crippen molar-refractivity contribution < 1.29 is 4.79 Å². The lowest BCUT2D eigenvalue weighted by Gasteiger charge is -2.29. The molecule has 0 aliphatic heterocycles. The van der Waals surface area contributed by atoms with Crippen LogP contribution >= 0.6 is 0 Å². The van der Waals surface area contributed by atoms with E-state index in [4.69, 9.17) is 5.73 Å². The Labute approximate surface area is 116 Å². The van der Waals surface area contributed by atoms with Gasteiger partial charge in [-0.2, -0.15) is 0 Å². The van der Waals surface area contributed by atoms with E-state index in [1.165, 1.54) is 0 Å². The Hall–Kier alpha value is -1.35. The van der Waals surface area contributed by atoms with Gasteiger partial charge in [-0.25, -0.2) is 0 Å². The molecule has 3 N–H and O–H groups in total. The highest BCUT2D eigenvalue weighted by atomic mass is 16.2. The van der Waals surface area contributed by atoms with Gasteiger partial charge in [-0.05, 0) is 23.3 Å². The SMILES string of the molecule is CC(C)C(C)(C)CNC(=O)C(N)Cc1ccccc1. The van der Waals surface area contributed by atoms with E-state index in [-0.39, 0.29) is 11.3 Å². The van der Waals surface area contributed by atoms with E-state index in [1.54, 1.807) is 0 Å². The van der Waals surface area contributed by atoms with Crippen LogP contribution in [0.1, 0.15) is 33.3 Å². The molecule has 1 atom stereocenters. The lowest BCUT2D eigenvalue weighted by molar-refractivity contribution is -0.122. The van der Waals surface area contributed by atoms with Gasteiger partial charge in [0.15, 0.2) is 0 Å². The van der Waals surface area contributed by atoms with E-state index in [0.29, 0.717) is 18.9 Å². The molecule has 0 aliphatic carbocycles. The predicted octanol–water partition coefficient (Wildman–Crippen LogP) is 2.35. The van der Waals surface area contributed by atoms with Gasteiger partial charge in [0.1, 0.15) is 0 Å². The summed E-state index contributed by atoms with van der Waals surface area (Å²) in [5.74, 6) is 0.440. The monoisotopic (exact) mass is 262 g/mol. The molecule has 0 saturated heterocycles. The molecule has 19 heavy (non-hydrogen) atoms. The van der Waals surface area contributed by atoms with Gasteiger partial charge in [0.25, 0.3) is 0 Å². The molecule has 0 bridgehead atoms. The molecule has 1 aromatic rings. The lowest BCUT2D eigenvalue weighted by atomic mass is 9.81. The molecule has 0 aromatic heterocycles. The Morgan fingerprint density at radius 2 is 1.84 bits per heavy atom. The number of amides is 1. The fraction of sp³-hybridized carbons (Fsp3) is 0.562. The van der Waals surface area contributed by atoms with Crippen LogP contribution in [-0.4, -0.2) is 18.5 Å². The van der Waals surface area contributed by atoms with Crippen LogP contribution < -0.4 is 11.1 Å². The molecule has 106 valence electrons. The maximum Gasteiger partial charge on any atom is 0.237 e. The first-order valence-corrected chi connectivity index (χ1v) is 6.90. The average Bonchev–Trinajstić information content (AvgIpc) is 2.37. The number of nitrogens with two attached hydrogens (primary N) is 1. The number of carbonyl (C=O) groups excluding carboxylic acids is 1. The molecule has 0 spiro atoms. The van der Waals surface area contributed by atoms with Crippen molar-refractivity contribution in [1.29, 1.82) is 0 Å². The summed E-state index contributed by atoms with van der Waals surface area (Å²) in [7, 11) is 0. The summed E-state index contributed by atoms with van der Waals surface area (Å²) in [5, 5.41) is 2.96. The second-order valence-electron chi connectivity index (χ2n) is 6.16. The van der Waals surface area contributed by atoms with Gasteiger partial charge >= 0.3 is 0 Å². The molecule has 0 saturated carbocycles. The summed E-state index contributed by atoms with van der Waals surface area (Å²) >= 11 is 0. The Kier molecular flexibility index (Phi) is 5.55. The highest BCUT2D eigenvalue weighted by Crippen LogP contribution is 2.24. The van der Waals surface area contributed by atoms with E-state index in [1.807, 2.05) is 30.3 Å². The van der Waals surface area contributed by atoms with Crippen molar-refractivity contribution in [2.45, 2.75) is 40.2 Å². The molecule has 0 radical (unpaired) electrons. The average molecular weight is 262 g/mol. The zero-order valence-electron chi connectivity index (χ0n) is 12.4. The van der Waals surface area contributed by atoms with Crippen molar-refractivity contribution in [3.63, 3.8) is 0 Å². The van der Waals surface area contributed by atoms with Crippen LogP contribution in [0.2, 0.25) is 0 Å². The third kappa shape index (κ3) is 5.03. The molecule has 0 aliphatic rings. The minimum atomic E-state index is -0.481. The Morgan fingerprint density at radius 1 is 1.26 bits per heavy atom. The fourth-order valence-corrected chi connectivity index (χ4v) is 1.61. The van der Waals surface area contributed by atoms with Crippen LogP contribution in [0.4, 0.5) is 0 Å². The normalized spacial score (nSPS) is 13.4. The quantitative estimate of drug-likeness (QED) is 0.827. The standard InChI is InChI=1S/C16H26N2O/c1-12(2)16(3,4)11-18-15(19)14(17)10-13-8-6-5-7-9-13/h5-9,12,14H,10-11,17H2,1-4H3,(H,18,19). The number of nitrogens with one attached hydrogen (secondary N) is 1. The van der Waals surface area contributed by atoms with Gasteiger partial charge in [0, 0.05) is 6.54 Å². The van der Waals surface area contributed by atoms with Gasteiger partial charge in [-0.3, -0.25) is 4.79 Å². The summed E-state index contributed by atoms with van der Waals surface area (Å²) in [6, 6.07) is 9.38. The maximum absolute atomic E-state index is 12.0. The number of hydrogen-bond acceptors (Lipinski definition) is 2. The Balaban J connectivity index is 2.46. The molecule has 1 aromatic carbocycles. The topological polar surface area (TPSA) is 55.1 Å². The highest BCUT2D eigenvalue weighted by Gasteiger charge is 2.24. The van der Waals surface area contributed by atoms with Gasteiger partial charge in [-0.1, -0.05) is 58.0 Å². The van der Waals surface area contributed by atoms with E-state index in [9.17, 15) is 4.79 Å². The van der Waals surface area contributed by atoms with Crippen LogP contribution in [-0.2, 0) is 11.2 Å². The van der Waals surface area contributed by atoms with Crippen molar-refractivity contribution in [1.82, 2.24) is 5.32 Å². The lowest BCUT2D eigenvalue weighted by Crippen LogP contribution is -2.46. The highest BCUT2D eigenvalue weighted by molar-refractivity contribution is 5.81. The maximum atomic E-state index is 12.0. The van der Waals surface area contributed by atoms with Gasteiger partial charge < -0.3 is 11.1 Å². The molecule has 3 heteroatoms. The second kappa shape index (κ2) is 6.71. The molecule has 1 unspecified atom stereocenters. The molecular formula is C16H26N2O. The smallest absolute Gasteiger partial charge is 0.237 e. The summed E-state index contributed by atoms with van der Waals surface area (Å²) < 4.78 is 0. The van der Waals surface area contributed by atoms with Crippen LogP contribution in [0.15, 0.2) is 30.3 Å². The second-order valence-corrected chi connectivity index (χ2v) is 6.16. The first kappa shape index (κ1) is 15.7. The van der Waals surface area contributed by atoms with E-state index >= 15 is 0 Å². The number of carbonyl (C=O) groups is 1. The van der Waals surface area contributed by atoms with Crippen LogP contribution in [0.5, 0.6) is 0 Å². The molecule has 3 nitrogen and oxygen atoms in total. The molecule has 0 fully saturated rings. The third-order valence-electron chi connectivity index (χ3n) is 3.92. The van der Waals surface area contributed by atoms with Crippen molar-refractivity contribution >= 4 is 5.91 Å². The van der Waals surface area contributed by atoms with Crippen LogP contribution in [0.25, 0.3) is 0 Å². The third-order valence-corrected chi connectivity index (χ3v) is 3.92. The van der Waals surface area contributed by atoms with Crippen LogP contribution in [0.3, 0.4) is 0 Å². The van der Waals surface area contributed by atoms with E-state index in [2.05, 4.69) is 33.0 Å². The molecular weight excluding hydrogens is 236 g/mol. The summed E-state index contributed by atoms with van der Waals surface area (Å²) in [6.07, 6.45) is 0.578. The minimum absolute atomic E-state index is 0.0717. The molecule has 0 heterocycles. The zero-order chi connectivity index (χ0) is 14.5. The van der Waals surface area contributed by atoms with Crippen LogP contribution in [0, 0.1) is 11.3 Å². The van der Waals surface area contributed by atoms with Crippen molar-refractivity contribution in [3.05, 3.63) is 35.9 Å². The van der Waals surface area contributed by atoms with E-state index in [0.717, 1.165) is 5.56 Å². The minimum Gasteiger partial charge on any atom is -0.354 e. The molecule has 1 amide bonds. The van der Waals surface area contributed by atoms with Crippen molar-refractivity contribution in [2.24, 2.45) is 17.1 Å². The fourth-order valence-electron chi connectivity index (χ4n) is 1.61. The summed E-state index contributed by atoms with van der Waals surface area (Å²) in [5.41, 5.74) is 7.12. The number of benzene rings is 1. The van der Waals surface area contributed by atoms with Gasteiger partial charge in [0.05, 0.1) is 6.04 Å². The van der Waals surface area contributed by atoms with Crippen molar-refractivity contribution in [3.8, 4) is 0 Å². The van der Waals surface area contributed by atoms with Gasteiger partial charge in [-0.15, -0.1) is 0 Å². The summed E-state index contributed by atoms with van der Waals surface area (Å²) in [6.45, 7) is 9.29. The number of rotatable bonds is 6. The Morgan fingerprint density at radius 3 is 2.37 bits per heavy atom. The largest absolute Gasteiger partial charge is 0.354 e. The van der Waals surface area contributed by atoms with Crippen molar-refractivity contribution in [2.75, 3.05) is 6.54 Å². The zero-order valence-corrected chi connectivity index (χ0v) is 12.4. The first-order valence-electron chi connectivity index (χ1n) is 6.90. The Bertz CT molecular complexity index is 398.